The first-order chi connectivity index (χ1) is 8.59. The van der Waals surface area contributed by atoms with Gasteiger partial charge in [0.05, 0.1) is 16.8 Å². The number of ketones is 1. The van der Waals surface area contributed by atoms with Crippen LogP contribution in [-0.4, -0.2) is 40.9 Å². The van der Waals surface area contributed by atoms with Gasteiger partial charge in [-0.25, -0.2) is 0 Å². The number of nitrogens with zero attached hydrogens (tertiary/aromatic N) is 1. The second kappa shape index (κ2) is 5.63. The Morgan fingerprint density at radius 3 is 2.61 bits per heavy atom. The molecule has 0 saturated carbocycles. The molecule has 1 saturated heterocycles. The fraction of sp³-hybridized carbons (Fsp3) is 0.538. The lowest BCUT2D eigenvalue weighted by atomic mass is 9.95. The largest absolute Gasteiger partial charge is 0.481 e. The average Bonchev–Trinajstić information content (AvgIpc) is 2.91. The van der Waals surface area contributed by atoms with Crippen LogP contribution in [0.25, 0.3) is 0 Å². The minimum atomic E-state index is -0.716. The number of carbonyl (C=O) groups is 2. The lowest BCUT2D eigenvalue weighted by Crippen LogP contribution is -2.44. The molecule has 2 heterocycles. The van der Waals surface area contributed by atoms with Gasteiger partial charge in [-0.15, -0.1) is 11.3 Å². The first kappa shape index (κ1) is 13.2. The lowest BCUT2D eigenvalue weighted by molar-refractivity contribution is -0.143. The molecule has 0 spiro atoms. The molecule has 1 aliphatic heterocycles. The Labute approximate surface area is 110 Å². The highest BCUT2D eigenvalue weighted by atomic mass is 32.1. The normalized spacial score (nSPS) is 19.6. The van der Waals surface area contributed by atoms with Crippen molar-refractivity contribution in [3.05, 3.63) is 22.4 Å². The summed E-state index contributed by atoms with van der Waals surface area (Å²) in [5.74, 6) is -0.823. The van der Waals surface area contributed by atoms with Crippen LogP contribution in [0.5, 0.6) is 0 Å². The van der Waals surface area contributed by atoms with E-state index < -0.39 is 5.97 Å². The molecule has 1 aliphatic rings. The van der Waals surface area contributed by atoms with Gasteiger partial charge in [0.25, 0.3) is 0 Å². The predicted molar refractivity (Wildman–Crippen MR) is 70.0 cm³/mol. The maximum atomic E-state index is 12.2. The summed E-state index contributed by atoms with van der Waals surface area (Å²) in [4.78, 5) is 25.9. The Kier molecular flexibility index (Phi) is 4.14. The van der Waals surface area contributed by atoms with E-state index in [1.807, 2.05) is 24.4 Å². The van der Waals surface area contributed by atoms with Crippen molar-refractivity contribution in [1.82, 2.24) is 4.90 Å². The molecule has 1 aromatic heterocycles. The standard InChI is InChI=1S/C13H17NO3S/c1-9(12(15)11-3-2-8-18-11)14-6-4-10(5-7-14)13(16)17/h2-3,8-10H,4-7H2,1H3,(H,16,17). The summed E-state index contributed by atoms with van der Waals surface area (Å²) >= 11 is 1.46. The van der Waals surface area contributed by atoms with E-state index in [2.05, 4.69) is 4.90 Å². The van der Waals surface area contributed by atoms with Crippen LogP contribution in [0.1, 0.15) is 29.4 Å². The van der Waals surface area contributed by atoms with Gasteiger partial charge in [0.1, 0.15) is 0 Å². The number of Topliss-reactive ketones (excluding diaryl/α,β-unsaturated/α-hetero) is 1. The molecule has 4 nitrogen and oxygen atoms in total. The highest BCUT2D eigenvalue weighted by molar-refractivity contribution is 7.12. The summed E-state index contributed by atoms with van der Waals surface area (Å²) in [7, 11) is 0. The van der Waals surface area contributed by atoms with E-state index in [0.29, 0.717) is 25.9 Å². The maximum absolute atomic E-state index is 12.2. The number of piperidine rings is 1. The molecule has 0 aliphatic carbocycles. The topological polar surface area (TPSA) is 57.6 Å². The molecule has 0 aromatic carbocycles. The summed E-state index contributed by atoms with van der Waals surface area (Å²) in [6.45, 7) is 3.29. The number of carbonyl (C=O) groups excluding carboxylic acids is 1. The quantitative estimate of drug-likeness (QED) is 0.849. The SMILES string of the molecule is CC(C(=O)c1cccs1)N1CCC(C(=O)O)CC1. The molecule has 2 rings (SSSR count). The molecule has 0 radical (unpaired) electrons. The molecule has 0 amide bonds. The number of aliphatic carboxylic acids is 1. The number of hydrogen-bond donors (Lipinski definition) is 1. The van der Waals surface area contributed by atoms with E-state index in [4.69, 9.17) is 5.11 Å². The van der Waals surface area contributed by atoms with E-state index in [0.717, 1.165) is 4.88 Å². The van der Waals surface area contributed by atoms with E-state index in [9.17, 15) is 9.59 Å². The summed E-state index contributed by atoms with van der Waals surface area (Å²) < 4.78 is 0. The fourth-order valence-electron chi connectivity index (χ4n) is 2.32. The third-order valence-corrected chi connectivity index (χ3v) is 4.45. The van der Waals surface area contributed by atoms with Crippen molar-refractivity contribution < 1.29 is 14.7 Å². The second-order valence-electron chi connectivity index (χ2n) is 4.67. The molecule has 1 N–H and O–H groups in total. The minimum Gasteiger partial charge on any atom is -0.481 e. The van der Waals surface area contributed by atoms with Crippen LogP contribution in [0, 0.1) is 5.92 Å². The Bertz CT molecular complexity index is 421. The van der Waals surface area contributed by atoms with E-state index >= 15 is 0 Å². The lowest BCUT2D eigenvalue weighted by Gasteiger charge is -2.33. The smallest absolute Gasteiger partial charge is 0.306 e. The van der Waals surface area contributed by atoms with Crippen LogP contribution in [0.3, 0.4) is 0 Å². The van der Waals surface area contributed by atoms with Gasteiger partial charge in [-0.2, -0.15) is 0 Å². The summed E-state index contributed by atoms with van der Waals surface area (Å²) in [5, 5.41) is 10.8. The van der Waals surface area contributed by atoms with Crippen molar-refractivity contribution in [2.24, 2.45) is 5.92 Å². The molecule has 18 heavy (non-hydrogen) atoms. The van der Waals surface area contributed by atoms with Crippen molar-refractivity contribution in [2.75, 3.05) is 13.1 Å². The number of thiophene rings is 1. The predicted octanol–water partition coefficient (Wildman–Crippen LogP) is 2.12. The van der Waals surface area contributed by atoms with Crippen LogP contribution in [-0.2, 0) is 4.79 Å². The highest BCUT2D eigenvalue weighted by Crippen LogP contribution is 2.21. The average molecular weight is 267 g/mol. The van der Waals surface area contributed by atoms with E-state index in [1.165, 1.54) is 11.3 Å². The minimum absolute atomic E-state index is 0.138. The second-order valence-corrected chi connectivity index (χ2v) is 5.61. The number of rotatable bonds is 4. The van der Waals surface area contributed by atoms with Gasteiger partial charge in [-0.1, -0.05) is 6.07 Å². The van der Waals surface area contributed by atoms with Crippen molar-refractivity contribution in [3.8, 4) is 0 Å². The van der Waals surface area contributed by atoms with Crippen molar-refractivity contribution in [3.63, 3.8) is 0 Å². The van der Waals surface area contributed by atoms with Crippen LogP contribution < -0.4 is 0 Å². The Morgan fingerprint density at radius 1 is 1.44 bits per heavy atom. The Hall–Kier alpha value is -1.20. The number of likely N-dealkylation sites (tertiary alicyclic amines) is 1. The van der Waals surface area contributed by atoms with Crippen LogP contribution in [0.4, 0.5) is 0 Å². The molecule has 1 unspecified atom stereocenters. The van der Waals surface area contributed by atoms with Gasteiger partial charge in [0, 0.05) is 0 Å². The van der Waals surface area contributed by atoms with Crippen LogP contribution in [0.2, 0.25) is 0 Å². The summed E-state index contributed by atoms with van der Waals surface area (Å²) in [5.41, 5.74) is 0. The van der Waals surface area contributed by atoms with Gasteiger partial charge in [0.2, 0.25) is 0 Å². The zero-order valence-electron chi connectivity index (χ0n) is 10.3. The van der Waals surface area contributed by atoms with Gasteiger partial charge >= 0.3 is 5.97 Å². The third kappa shape index (κ3) is 2.79. The van der Waals surface area contributed by atoms with Gasteiger partial charge < -0.3 is 5.11 Å². The molecule has 0 bridgehead atoms. The Morgan fingerprint density at radius 2 is 2.11 bits per heavy atom. The number of hydrogen-bond acceptors (Lipinski definition) is 4. The monoisotopic (exact) mass is 267 g/mol. The zero-order valence-corrected chi connectivity index (χ0v) is 11.2. The summed E-state index contributed by atoms with van der Waals surface area (Å²) in [6.07, 6.45) is 1.27. The van der Waals surface area contributed by atoms with Gasteiger partial charge in [-0.3, -0.25) is 14.5 Å². The van der Waals surface area contributed by atoms with E-state index in [-0.39, 0.29) is 17.7 Å². The van der Waals surface area contributed by atoms with Gasteiger partial charge in [0.15, 0.2) is 5.78 Å². The first-order valence-electron chi connectivity index (χ1n) is 6.14. The first-order valence-corrected chi connectivity index (χ1v) is 7.02. The summed E-state index contributed by atoms with van der Waals surface area (Å²) in [6, 6.07) is 3.56. The van der Waals surface area contributed by atoms with Crippen molar-refractivity contribution >= 4 is 23.1 Å². The van der Waals surface area contributed by atoms with Crippen LogP contribution >= 0.6 is 11.3 Å². The van der Waals surface area contributed by atoms with Crippen molar-refractivity contribution in [1.29, 1.82) is 0 Å². The molecule has 98 valence electrons. The zero-order chi connectivity index (χ0) is 13.1. The highest BCUT2D eigenvalue weighted by Gasteiger charge is 2.30. The molecular weight excluding hydrogens is 250 g/mol. The molecule has 5 heteroatoms. The fourth-order valence-corrected chi connectivity index (χ4v) is 3.07. The number of carboxylic acid groups (broad SMARTS) is 1. The van der Waals surface area contributed by atoms with Crippen molar-refractivity contribution in [2.45, 2.75) is 25.8 Å². The Balaban J connectivity index is 1.93. The number of carboxylic acids is 1. The van der Waals surface area contributed by atoms with E-state index in [1.54, 1.807) is 0 Å². The van der Waals surface area contributed by atoms with Crippen LogP contribution in [0.15, 0.2) is 17.5 Å². The molecule has 1 aromatic rings. The molecule has 1 atom stereocenters. The molecular formula is C13H17NO3S. The maximum Gasteiger partial charge on any atom is 0.306 e. The third-order valence-electron chi connectivity index (χ3n) is 3.57. The van der Waals surface area contributed by atoms with Gasteiger partial charge in [-0.05, 0) is 44.3 Å². The molecule has 1 fully saturated rings.